The molecule has 0 aromatic carbocycles. The van der Waals surface area contributed by atoms with Crippen molar-refractivity contribution < 1.29 is 19.1 Å². The zero-order valence-electron chi connectivity index (χ0n) is 5.99. The van der Waals surface area contributed by atoms with Crippen LogP contribution in [0.25, 0.3) is 0 Å². The second-order valence-electron chi connectivity index (χ2n) is 1.99. The van der Waals surface area contributed by atoms with Gasteiger partial charge in [0.1, 0.15) is 24.1 Å². The minimum Gasteiger partial charge on any atom is -0.542 e. The Morgan fingerprint density at radius 3 is 2.91 bits per heavy atom. The predicted molar refractivity (Wildman–Crippen MR) is 33.8 cm³/mol. The van der Waals surface area contributed by atoms with Gasteiger partial charge in [0.15, 0.2) is 0 Å². The summed E-state index contributed by atoms with van der Waals surface area (Å²) in [5.74, 6) is -1.00. The molecule has 0 unspecified atom stereocenters. The van der Waals surface area contributed by atoms with E-state index in [4.69, 9.17) is 9.15 Å². The van der Waals surface area contributed by atoms with Gasteiger partial charge >= 0.3 is 0 Å². The number of aromatic carboxylic acids is 1. The van der Waals surface area contributed by atoms with E-state index in [0.717, 1.165) is 0 Å². The standard InChI is InChI=1S/C7H8O4/c1-10-4-5-2-3-6(11-5)7(8)9/h2-3H,4H2,1H3,(H,8,9)/p-1. The van der Waals surface area contributed by atoms with Crippen LogP contribution < -0.4 is 5.11 Å². The van der Waals surface area contributed by atoms with E-state index in [1.165, 1.54) is 19.2 Å². The number of hydrogen-bond donors (Lipinski definition) is 0. The second-order valence-corrected chi connectivity index (χ2v) is 1.99. The molecule has 1 rings (SSSR count). The van der Waals surface area contributed by atoms with Crippen molar-refractivity contribution in [1.82, 2.24) is 0 Å². The van der Waals surface area contributed by atoms with E-state index in [0.29, 0.717) is 5.76 Å². The molecule has 0 amide bonds. The fourth-order valence-corrected chi connectivity index (χ4v) is 0.707. The van der Waals surface area contributed by atoms with Crippen molar-refractivity contribution in [3.63, 3.8) is 0 Å². The number of furan rings is 1. The molecule has 60 valence electrons. The summed E-state index contributed by atoms with van der Waals surface area (Å²) in [6.45, 7) is 0.271. The monoisotopic (exact) mass is 155 g/mol. The van der Waals surface area contributed by atoms with Gasteiger partial charge in [0.05, 0.1) is 0 Å². The smallest absolute Gasteiger partial charge is 0.149 e. The molecule has 0 radical (unpaired) electrons. The normalized spacial score (nSPS) is 9.91. The molecule has 0 N–H and O–H groups in total. The highest BCUT2D eigenvalue weighted by atomic mass is 16.5. The molecule has 11 heavy (non-hydrogen) atoms. The molecule has 1 aromatic rings. The van der Waals surface area contributed by atoms with Crippen molar-refractivity contribution in [2.24, 2.45) is 0 Å². The highest BCUT2D eigenvalue weighted by molar-refractivity contribution is 5.82. The van der Waals surface area contributed by atoms with Crippen LogP contribution in [-0.2, 0) is 11.3 Å². The summed E-state index contributed by atoms with van der Waals surface area (Å²) >= 11 is 0. The van der Waals surface area contributed by atoms with E-state index in [1.807, 2.05) is 0 Å². The van der Waals surface area contributed by atoms with Gasteiger partial charge in [-0.2, -0.15) is 0 Å². The van der Waals surface area contributed by atoms with E-state index < -0.39 is 5.97 Å². The van der Waals surface area contributed by atoms with Gasteiger partial charge < -0.3 is 19.1 Å². The van der Waals surface area contributed by atoms with Crippen molar-refractivity contribution in [2.45, 2.75) is 6.61 Å². The maximum absolute atomic E-state index is 10.2. The summed E-state index contributed by atoms with van der Waals surface area (Å²) in [6.07, 6.45) is 0. The van der Waals surface area contributed by atoms with Crippen molar-refractivity contribution in [1.29, 1.82) is 0 Å². The van der Waals surface area contributed by atoms with Crippen LogP contribution in [0.2, 0.25) is 0 Å². The Morgan fingerprint density at radius 1 is 1.73 bits per heavy atom. The molecule has 0 fully saturated rings. The maximum atomic E-state index is 10.2. The lowest BCUT2D eigenvalue weighted by atomic mass is 10.4. The molecule has 0 bridgehead atoms. The van der Waals surface area contributed by atoms with Crippen LogP contribution >= 0.6 is 0 Å². The quantitative estimate of drug-likeness (QED) is 0.605. The average molecular weight is 155 g/mol. The summed E-state index contributed by atoms with van der Waals surface area (Å²) in [5, 5.41) is 10.2. The van der Waals surface area contributed by atoms with Gasteiger partial charge in [0.2, 0.25) is 0 Å². The third-order valence-corrected chi connectivity index (χ3v) is 1.15. The van der Waals surface area contributed by atoms with Crippen LogP contribution in [0.4, 0.5) is 0 Å². The molecular formula is C7H7O4-. The van der Waals surface area contributed by atoms with Crippen LogP contribution in [0.5, 0.6) is 0 Å². The summed E-state index contributed by atoms with van der Waals surface area (Å²) in [6, 6.07) is 2.87. The molecule has 0 atom stereocenters. The molecule has 0 saturated carbocycles. The number of carbonyl (C=O) groups is 1. The highest BCUT2D eigenvalue weighted by Gasteiger charge is 2.00. The Labute approximate surface area is 63.4 Å². The molecule has 4 nitrogen and oxygen atoms in total. The maximum Gasteiger partial charge on any atom is 0.149 e. The highest BCUT2D eigenvalue weighted by Crippen LogP contribution is 2.07. The lowest BCUT2D eigenvalue weighted by molar-refractivity contribution is -0.257. The molecule has 1 heterocycles. The number of hydrogen-bond acceptors (Lipinski definition) is 4. The van der Waals surface area contributed by atoms with Crippen LogP contribution in [0.15, 0.2) is 16.5 Å². The van der Waals surface area contributed by atoms with Crippen LogP contribution in [0.1, 0.15) is 16.3 Å². The molecule has 0 aliphatic carbocycles. The number of ether oxygens (including phenoxy) is 1. The lowest BCUT2D eigenvalue weighted by Gasteiger charge is -1.95. The molecule has 0 spiro atoms. The zero-order valence-corrected chi connectivity index (χ0v) is 5.99. The summed E-state index contributed by atoms with van der Waals surface area (Å²) < 4.78 is 9.51. The first-order chi connectivity index (χ1) is 5.24. The fourth-order valence-electron chi connectivity index (χ4n) is 0.707. The largest absolute Gasteiger partial charge is 0.542 e. The summed E-state index contributed by atoms with van der Waals surface area (Å²) in [7, 11) is 1.50. The Kier molecular flexibility index (Phi) is 2.28. The Bertz CT molecular complexity index is 251. The van der Waals surface area contributed by atoms with Gasteiger partial charge in [0, 0.05) is 7.11 Å². The van der Waals surface area contributed by atoms with Gasteiger partial charge in [-0.1, -0.05) is 0 Å². The minimum atomic E-state index is -1.31. The SMILES string of the molecule is COCc1ccc(C(=O)[O-])o1. The fraction of sp³-hybridized carbons (Fsp3) is 0.286. The minimum absolute atomic E-state index is 0.169. The second kappa shape index (κ2) is 3.21. The topological polar surface area (TPSA) is 62.5 Å². The summed E-state index contributed by atoms with van der Waals surface area (Å²) in [5.41, 5.74) is 0. The Hall–Kier alpha value is -1.29. The van der Waals surface area contributed by atoms with E-state index in [-0.39, 0.29) is 12.4 Å². The number of carbonyl (C=O) groups excluding carboxylic acids is 1. The van der Waals surface area contributed by atoms with Gasteiger partial charge in [0.25, 0.3) is 0 Å². The van der Waals surface area contributed by atoms with Gasteiger partial charge in [-0.3, -0.25) is 0 Å². The van der Waals surface area contributed by atoms with Crippen LogP contribution in [0.3, 0.4) is 0 Å². The molecule has 1 aromatic heterocycles. The molecule has 0 aliphatic heterocycles. The first-order valence-corrected chi connectivity index (χ1v) is 3.03. The van der Waals surface area contributed by atoms with Gasteiger partial charge in [-0.15, -0.1) is 0 Å². The summed E-state index contributed by atoms with van der Waals surface area (Å²) in [4.78, 5) is 10.2. The number of carboxylic acid groups (broad SMARTS) is 1. The predicted octanol–water partition coefficient (Wildman–Crippen LogP) is -0.211. The van der Waals surface area contributed by atoms with Gasteiger partial charge in [-0.25, -0.2) is 0 Å². The van der Waals surface area contributed by atoms with E-state index in [1.54, 1.807) is 0 Å². The first kappa shape index (κ1) is 7.81. The van der Waals surface area contributed by atoms with Crippen LogP contribution in [0, 0.1) is 0 Å². The Morgan fingerprint density at radius 2 is 2.45 bits per heavy atom. The van der Waals surface area contributed by atoms with E-state index >= 15 is 0 Å². The molecule has 0 aliphatic rings. The number of rotatable bonds is 3. The Balaban J connectivity index is 2.73. The molecule has 4 heteroatoms. The molecular weight excluding hydrogens is 148 g/mol. The van der Waals surface area contributed by atoms with Crippen LogP contribution in [-0.4, -0.2) is 13.1 Å². The zero-order chi connectivity index (χ0) is 8.27. The molecule has 0 saturated heterocycles. The number of methoxy groups -OCH3 is 1. The van der Waals surface area contributed by atoms with E-state index in [9.17, 15) is 9.90 Å². The van der Waals surface area contributed by atoms with Crippen molar-refractivity contribution >= 4 is 5.97 Å². The third kappa shape index (κ3) is 1.81. The number of carboxylic acids is 1. The van der Waals surface area contributed by atoms with Crippen molar-refractivity contribution in [2.75, 3.05) is 7.11 Å². The third-order valence-electron chi connectivity index (χ3n) is 1.15. The van der Waals surface area contributed by atoms with E-state index in [2.05, 4.69) is 0 Å². The first-order valence-electron chi connectivity index (χ1n) is 3.03. The van der Waals surface area contributed by atoms with Crippen molar-refractivity contribution in [3.05, 3.63) is 23.7 Å². The lowest BCUT2D eigenvalue weighted by Crippen LogP contribution is -2.21. The van der Waals surface area contributed by atoms with Crippen molar-refractivity contribution in [3.8, 4) is 0 Å². The van der Waals surface area contributed by atoms with Gasteiger partial charge in [-0.05, 0) is 12.1 Å². The average Bonchev–Trinajstić information content (AvgIpc) is 2.37.